The number of hydrogen-bond donors (Lipinski definition) is 2. The summed E-state index contributed by atoms with van der Waals surface area (Å²) in [5.41, 5.74) is 2.90. The minimum Gasteiger partial charge on any atom is -0.334 e. The lowest BCUT2D eigenvalue weighted by Gasteiger charge is -2.23. The van der Waals surface area contributed by atoms with E-state index in [1.165, 1.54) is 0 Å². The first-order valence-electron chi connectivity index (χ1n) is 8.33. The van der Waals surface area contributed by atoms with Crippen LogP contribution >= 0.6 is 12.4 Å². The molecule has 0 aromatic carbocycles. The number of aromatic amines is 1. The van der Waals surface area contributed by atoms with Gasteiger partial charge in [0, 0.05) is 18.4 Å². The fraction of sp³-hybridized carbons (Fsp3) is 0.500. The monoisotopic (exact) mass is 364 g/mol. The number of aryl methyl sites for hydroxylation is 2. The normalized spacial score (nSPS) is 15.4. The van der Waals surface area contributed by atoms with E-state index in [9.17, 15) is 4.79 Å². The Morgan fingerprint density at radius 2 is 2.12 bits per heavy atom. The molecule has 2 N–H and O–H groups in total. The molecule has 0 amide bonds. The van der Waals surface area contributed by atoms with Crippen LogP contribution in [0.25, 0.3) is 17.1 Å². The zero-order valence-electron chi connectivity index (χ0n) is 14.2. The molecule has 3 aromatic heterocycles. The molecule has 0 radical (unpaired) electrons. The van der Waals surface area contributed by atoms with Crippen LogP contribution < -0.4 is 10.9 Å². The molecule has 134 valence electrons. The number of hydrogen-bond acceptors (Lipinski definition) is 6. The number of fused-ring (bicyclic) bond motifs is 1. The number of H-pyrrole nitrogens is 1. The van der Waals surface area contributed by atoms with Crippen LogP contribution in [0.5, 0.6) is 0 Å². The van der Waals surface area contributed by atoms with E-state index in [1.807, 2.05) is 18.4 Å². The Hall–Kier alpha value is -2.19. The SMILES string of the molecule is CCc1noc(-c2c(C)nn3c(C4CCNCC4)cc(=O)[nH]c23)n1.Cl. The number of aromatic nitrogens is 5. The lowest BCUT2D eigenvalue weighted by molar-refractivity contribution is 0.423. The third kappa shape index (κ3) is 3.07. The first-order chi connectivity index (χ1) is 11.7. The van der Waals surface area contributed by atoms with Crippen LogP contribution in [-0.2, 0) is 6.42 Å². The van der Waals surface area contributed by atoms with Gasteiger partial charge in [0.15, 0.2) is 5.82 Å². The van der Waals surface area contributed by atoms with Crippen molar-refractivity contribution in [1.82, 2.24) is 30.1 Å². The van der Waals surface area contributed by atoms with Gasteiger partial charge in [-0.2, -0.15) is 10.1 Å². The minimum absolute atomic E-state index is 0. The van der Waals surface area contributed by atoms with Crippen molar-refractivity contribution in [2.45, 2.75) is 39.0 Å². The van der Waals surface area contributed by atoms with E-state index in [1.54, 1.807) is 6.07 Å². The summed E-state index contributed by atoms with van der Waals surface area (Å²) in [6, 6.07) is 1.66. The van der Waals surface area contributed by atoms with Crippen molar-refractivity contribution in [3.05, 3.63) is 33.6 Å². The lowest BCUT2D eigenvalue weighted by atomic mass is 9.94. The zero-order valence-corrected chi connectivity index (χ0v) is 15.0. The van der Waals surface area contributed by atoms with E-state index < -0.39 is 0 Å². The molecule has 0 atom stereocenters. The maximum Gasteiger partial charge on any atom is 0.263 e. The van der Waals surface area contributed by atoms with Gasteiger partial charge in [-0.3, -0.25) is 4.79 Å². The van der Waals surface area contributed by atoms with Crippen LogP contribution in [0.15, 0.2) is 15.4 Å². The number of halogens is 1. The average molecular weight is 365 g/mol. The molecule has 0 aliphatic carbocycles. The Labute approximate surface area is 150 Å². The molecule has 8 nitrogen and oxygen atoms in total. The van der Waals surface area contributed by atoms with Crippen molar-refractivity contribution in [2.24, 2.45) is 0 Å². The molecule has 25 heavy (non-hydrogen) atoms. The molecule has 4 heterocycles. The highest BCUT2D eigenvalue weighted by Gasteiger charge is 2.24. The largest absolute Gasteiger partial charge is 0.334 e. The number of piperidine rings is 1. The summed E-state index contributed by atoms with van der Waals surface area (Å²) in [6.07, 6.45) is 2.68. The Kier molecular flexibility index (Phi) is 4.91. The van der Waals surface area contributed by atoms with Gasteiger partial charge in [0.2, 0.25) is 0 Å². The molecule has 0 unspecified atom stereocenters. The van der Waals surface area contributed by atoms with E-state index in [4.69, 9.17) is 4.52 Å². The van der Waals surface area contributed by atoms with Gasteiger partial charge in [-0.25, -0.2) is 4.52 Å². The molecule has 4 rings (SSSR count). The minimum atomic E-state index is -0.132. The van der Waals surface area contributed by atoms with Crippen molar-refractivity contribution >= 4 is 18.1 Å². The molecular formula is C16H21ClN6O2. The fourth-order valence-electron chi connectivity index (χ4n) is 3.34. The fourth-order valence-corrected chi connectivity index (χ4v) is 3.34. The lowest BCUT2D eigenvalue weighted by Crippen LogP contribution is -2.28. The predicted molar refractivity (Wildman–Crippen MR) is 95.3 cm³/mol. The maximum absolute atomic E-state index is 12.2. The third-order valence-corrected chi connectivity index (χ3v) is 4.58. The van der Waals surface area contributed by atoms with Gasteiger partial charge >= 0.3 is 0 Å². The van der Waals surface area contributed by atoms with Gasteiger partial charge in [0.1, 0.15) is 11.2 Å². The highest BCUT2D eigenvalue weighted by atomic mass is 35.5. The summed E-state index contributed by atoms with van der Waals surface area (Å²) in [6.45, 7) is 5.77. The van der Waals surface area contributed by atoms with E-state index in [2.05, 4.69) is 25.5 Å². The van der Waals surface area contributed by atoms with Crippen LogP contribution in [-0.4, -0.2) is 37.8 Å². The van der Waals surface area contributed by atoms with E-state index in [-0.39, 0.29) is 18.0 Å². The van der Waals surface area contributed by atoms with Gasteiger partial charge in [0.25, 0.3) is 11.4 Å². The summed E-state index contributed by atoms with van der Waals surface area (Å²) in [5, 5.41) is 11.9. The van der Waals surface area contributed by atoms with Crippen molar-refractivity contribution < 1.29 is 4.52 Å². The van der Waals surface area contributed by atoms with Crippen molar-refractivity contribution in [3.63, 3.8) is 0 Å². The highest BCUT2D eigenvalue weighted by Crippen LogP contribution is 2.29. The molecule has 0 bridgehead atoms. The Balaban J connectivity index is 0.00000182. The molecule has 3 aromatic rings. The molecule has 0 saturated carbocycles. The molecule has 1 fully saturated rings. The standard InChI is InChI=1S/C16H20N6O2.ClH/c1-3-12-18-16(24-21-12)14-9(2)20-22-11(8-13(23)19-15(14)22)10-4-6-17-7-5-10;/h8,10,17H,3-7H2,1-2H3,(H,19,23);1H. The van der Waals surface area contributed by atoms with E-state index in [0.29, 0.717) is 35.3 Å². The van der Waals surface area contributed by atoms with Crippen LogP contribution in [0, 0.1) is 6.92 Å². The summed E-state index contributed by atoms with van der Waals surface area (Å²) < 4.78 is 7.20. The summed E-state index contributed by atoms with van der Waals surface area (Å²) >= 11 is 0. The number of nitrogens with zero attached hydrogens (tertiary/aromatic N) is 4. The quantitative estimate of drug-likeness (QED) is 0.735. The molecule has 1 saturated heterocycles. The van der Waals surface area contributed by atoms with Crippen molar-refractivity contribution in [2.75, 3.05) is 13.1 Å². The first kappa shape index (κ1) is 17.6. The van der Waals surface area contributed by atoms with Crippen LogP contribution in [0.2, 0.25) is 0 Å². The molecular weight excluding hydrogens is 344 g/mol. The molecule has 9 heteroatoms. The predicted octanol–water partition coefficient (Wildman–Crippen LogP) is 1.83. The second-order valence-corrected chi connectivity index (χ2v) is 6.17. The second-order valence-electron chi connectivity index (χ2n) is 6.17. The van der Waals surface area contributed by atoms with Gasteiger partial charge in [-0.1, -0.05) is 12.1 Å². The Morgan fingerprint density at radius 3 is 2.80 bits per heavy atom. The molecule has 1 aliphatic heterocycles. The molecule has 0 spiro atoms. The average Bonchev–Trinajstić information content (AvgIpc) is 3.18. The van der Waals surface area contributed by atoms with E-state index >= 15 is 0 Å². The smallest absolute Gasteiger partial charge is 0.263 e. The van der Waals surface area contributed by atoms with E-state index in [0.717, 1.165) is 37.3 Å². The number of nitrogens with one attached hydrogen (secondary N) is 2. The third-order valence-electron chi connectivity index (χ3n) is 4.58. The molecule has 1 aliphatic rings. The Morgan fingerprint density at radius 1 is 1.36 bits per heavy atom. The second kappa shape index (κ2) is 6.97. The number of rotatable bonds is 3. The van der Waals surface area contributed by atoms with Gasteiger partial charge in [-0.05, 0) is 32.9 Å². The van der Waals surface area contributed by atoms with Crippen molar-refractivity contribution in [1.29, 1.82) is 0 Å². The van der Waals surface area contributed by atoms with Gasteiger partial charge in [-0.15, -0.1) is 12.4 Å². The summed E-state index contributed by atoms with van der Waals surface area (Å²) in [5.74, 6) is 1.36. The van der Waals surface area contributed by atoms with Gasteiger partial charge in [0.05, 0.1) is 11.4 Å². The topological polar surface area (TPSA) is 101 Å². The zero-order chi connectivity index (χ0) is 16.7. The Bertz CT molecular complexity index is 938. The van der Waals surface area contributed by atoms with Crippen molar-refractivity contribution in [3.8, 4) is 11.5 Å². The van der Waals surface area contributed by atoms with Gasteiger partial charge < -0.3 is 14.8 Å². The summed E-state index contributed by atoms with van der Waals surface area (Å²) in [4.78, 5) is 19.5. The maximum atomic E-state index is 12.2. The van der Waals surface area contributed by atoms with Crippen LogP contribution in [0.4, 0.5) is 0 Å². The summed E-state index contributed by atoms with van der Waals surface area (Å²) in [7, 11) is 0. The van der Waals surface area contributed by atoms with Crippen LogP contribution in [0.3, 0.4) is 0 Å². The van der Waals surface area contributed by atoms with Crippen LogP contribution in [0.1, 0.15) is 42.9 Å². The highest BCUT2D eigenvalue weighted by molar-refractivity contribution is 5.85. The first-order valence-corrected chi connectivity index (χ1v) is 8.33.